The molecule has 5 heteroatoms. The van der Waals surface area contributed by atoms with Crippen LogP contribution in [0.3, 0.4) is 0 Å². The molecule has 5 nitrogen and oxygen atoms in total. The Kier molecular flexibility index (Phi) is 4.75. The quantitative estimate of drug-likeness (QED) is 0.627. The van der Waals surface area contributed by atoms with Crippen molar-refractivity contribution in [2.45, 2.75) is 39.7 Å². The number of hydrogen-bond donors (Lipinski definition) is 0. The molecular weight excluding hydrogens is 356 g/mol. The van der Waals surface area contributed by atoms with E-state index in [1.54, 1.807) is 0 Å². The predicted octanol–water partition coefficient (Wildman–Crippen LogP) is 5.14. The smallest absolute Gasteiger partial charge is 0.200 e. The zero-order valence-electron chi connectivity index (χ0n) is 16.6. The fourth-order valence-corrected chi connectivity index (χ4v) is 3.39. The lowest BCUT2D eigenvalue weighted by Crippen LogP contribution is -2.15. The first-order valence-electron chi connectivity index (χ1n) is 9.60. The van der Waals surface area contributed by atoms with Gasteiger partial charge < -0.3 is 18.6 Å². The van der Waals surface area contributed by atoms with E-state index in [1.807, 2.05) is 44.2 Å². The minimum Gasteiger partial charge on any atom is -0.491 e. The van der Waals surface area contributed by atoms with Gasteiger partial charge in [0, 0.05) is 6.07 Å². The van der Waals surface area contributed by atoms with E-state index in [0.29, 0.717) is 41.2 Å². The molecule has 2 heterocycles. The van der Waals surface area contributed by atoms with Gasteiger partial charge in [0.05, 0.1) is 17.1 Å². The van der Waals surface area contributed by atoms with Gasteiger partial charge in [-0.2, -0.15) is 0 Å². The number of hydrogen-bond acceptors (Lipinski definition) is 5. The van der Waals surface area contributed by atoms with Gasteiger partial charge in [-0.1, -0.05) is 19.9 Å². The highest BCUT2D eigenvalue weighted by atomic mass is 16.6. The average molecular weight is 380 g/mol. The van der Waals surface area contributed by atoms with Crippen molar-refractivity contribution in [1.82, 2.24) is 0 Å². The van der Waals surface area contributed by atoms with Gasteiger partial charge in [-0.05, 0) is 49.1 Å². The molecule has 0 unspecified atom stereocenters. The third kappa shape index (κ3) is 3.33. The molecule has 0 bridgehead atoms. The highest BCUT2D eigenvalue weighted by Gasteiger charge is 2.18. The van der Waals surface area contributed by atoms with Crippen molar-refractivity contribution in [3.63, 3.8) is 0 Å². The van der Waals surface area contributed by atoms with Crippen LogP contribution in [0.4, 0.5) is 0 Å². The van der Waals surface area contributed by atoms with Crippen molar-refractivity contribution in [1.29, 1.82) is 0 Å². The Balaban J connectivity index is 1.86. The monoisotopic (exact) mass is 380 g/mol. The van der Waals surface area contributed by atoms with Crippen LogP contribution in [-0.2, 0) is 0 Å². The molecule has 4 rings (SSSR count). The summed E-state index contributed by atoms with van der Waals surface area (Å²) in [5.74, 6) is 2.31. The first-order chi connectivity index (χ1) is 13.4. The molecule has 0 saturated heterocycles. The van der Waals surface area contributed by atoms with Crippen LogP contribution in [0.5, 0.6) is 17.2 Å². The molecule has 2 aromatic carbocycles. The van der Waals surface area contributed by atoms with Gasteiger partial charge in [0.2, 0.25) is 5.43 Å². The molecule has 3 aromatic rings. The molecule has 1 aliphatic heterocycles. The molecule has 1 aromatic heterocycles. The van der Waals surface area contributed by atoms with Gasteiger partial charge in [0.25, 0.3) is 0 Å². The van der Waals surface area contributed by atoms with Crippen LogP contribution in [-0.4, -0.2) is 19.3 Å². The van der Waals surface area contributed by atoms with E-state index in [2.05, 4.69) is 13.8 Å². The molecule has 0 fully saturated rings. The van der Waals surface area contributed by atoms with Crippen molar-refractivity contribution >= 4 is 11.0 Å². The number of ether oxygens (including phenoxy) is 3. The lowest BCUT2D eigenvalue weighted by Gasteiger charge is -2.19. The summed E-state index contributed by atoms with van der Waals surface area (Å²) >= 11 is 0. The predicted molar refractivity (Wildman–Crippen MR) is 109 cm³/mol. The van der Waals surface area contributed by atoms with Crippen LogP contribution in [0.2, 0.25) is 0 Å². The van der Waals surface area contributed by atoms with Gasteiger partial charge in [0.15, 0.2) is 11.5 Å². The largest absolute Gasteiger partial charge is 0.491 e. The van der Waals surface area contributed by atoms with Crippen molar-refractivity contribution in [2.24, 2.45) is 0 Å². The Labute approximate surface area is 163 Å². The fraction of sp³-hybridized carbons (Fsp3) is 0.348. The van der Waals surface area contributed by atoms with Crippen molar-refractivity contribution < 1.29 is 18.6 Å². The third-order valence-corrected chi connectivity index (χ3v) is 4.74. The minimum atomic E-state index is -0.0732. The molecule has 28 heavy (non-hydrogen) atoms. The summed E-state index contributed by atoms with van der Waals surface area (Å²) in [6, 6.07) is 9.22. The Hall–Kier alpha value is -2.95. The second-order valence-corrected chi connectivity index (χ2v) is 7.54. The fourth-order valence-electron chi connectivity index (χ4n) is 3.39. The molecule has 1 aliphatic rings. The maximum Gasteiger partial charge on any atom is 0.200 e. The maximum absolute atomic E-state index is 13.2. The van der Waals surface area contributed by atoms with Gasteiger partial charge >= 0.3 is 0 Å². The van der Waals surface area contributed by atoms with Crippen molar-refractivity contribution in [3.8, 4) is 28.4 Å². The molecule has 0 radical (unpaired) electrons. The average Bonchev–Trinajstić information content (AvgIpc) is 2.67. The van der Waals surface area contributed by atoms with Crippen LogP contribution in [0, 0.1) is 0 Å². The summed E-state index contributed by atoms with van der Waals surface area (Å²) in [6.07, 6.45) is 1.54. The van der Waals surface area contributed by atoms with Crippen LogP contribution < -0.4 is 19.6 Å². The summed E-state index contributed by atoms with van der Waals surface area (Å²) in [5.41, 5.74) is 2.68. The SMILES string of the molecule is CC(C)Oc1cc2occ(-c3ccc4c(c3)OCCO4)c(=O)c2cc1C(C)C. The number of rotatable bonds is 4. The van der Waals surface area contributed by atoms with E-state index in [9.17, 15) is 4.79 Å². The number of benzene rings is 2. The van der Waals surface area contributed by atoms with E-state index in [0.717, 1.165) is 16.9 Å². The zero-order chi connectivity index (χ0) is 19.8. The van der Waals surface area contributed by atoms with Crippen molar-refractivity contribution in [2.75, 3.05) is 13.2 Å². The summed E-state index contributed by atoms with van der Waals surface area (Å²) in [5, 5.41) is 0.548. The van der Waals surface area contributed by atoms with Crippen LogP contribution in [0.25, 0.3) is 22.1 Å². The normalized spacial score (nSPS) is 13.4. The Morgan fingerprint density at radius 2 is 1.71 bits per heavy atom. The lowest BCUT2D eigenvalue weighted by atomic mass is 9.98. The summed E-state index contributed by atoms with van der Waals surface area (Å²) < 4.78 is 23.0. The highest BCUT2D eigenvalue weighted by molar-refractivity contribution is 5.84. The van der Waals surface area contributed by atoms with Gasteiger partial charge in [-0.25, -0.2) is 0 Å². The van der Waals surface area contributed by atoms with Crippen LogP contribution in [0.1, 0.15) is 39.2 Å². The maximum atomic E-state index is 13.2. The highest BCUT2D eigenvalue weighted by Crippen LogP contribution is 2.35. The van der Waals surface area contributed by atoms with E-state index in [1.165, 1.54) is 6.26 Å². The second-order valence-electron chi connectivity index (χ2n) is 7.54. The molecule has 0 saturated carbocycles. The molecule has 146 valence electrons. The van der Waals surface area contributed by atoms with E-state index < -0.39 is 0 Å². The van der Waals surface area contributed by atoms with Crippen LogP contribution >= 0.6 is 0 Å². The molecule has 0 aliphatic carbocycles. The first kappa shape index (κ1) is 18.4. The lowest BCUT2D eigenvalue weighted by molar-refractivity contribution is 0.171. The van der Waals surface area contributed by atoms with Gasteiger partial charge in [-0.15, -0.1) is 0 Å². The van der Waals surface area contributed by atoms with E-state index in [4.69, 9.17) is 18.6 Å². The van der Waals surface area contributed by atoms with E-state index >= 15 is 0 Å². The summed E-state index contributed by atoms with van der Waals surface area (Å²) in [4.78, 5) is 13.2. The molecule has 0 N–H and O–H groups in total. The van der Waals surface area contributed by atoms with Crippen molar-refractivity contribution in [3.05, 3.63) is 52.4 Å². The first-order valence-corrected chi connectivity index (χ1v) is 9.60. The van der Waals surface area contributed by atoms with Gasteiger partial charge in [-0.3, -0.25) is 4.79 Å². The Morgan fingerprint density at radius 3 is 2.43 bits per heavy atom. The summed E-state index contributed by atoms with van der Waals surface area (Å²) in [7, 11) is 0. The third-order valence-electron chi connectivity index (χ3n) is 4.74. The summed E-state index contributed by atoms with van der Waals surface area (Å²) in [6.45, 7) is 9.16. The van der Waals surface area contributed by atoms with Crippen LogP contribution in [0.15, 0.2) is 45.8 Å². The van der Waals surface area contributed by atoms with Gasteiger partial charge in [0.1, 0.15) is 30.8 Å². The molecular formula is C23H24O5. The second kappa shape index (κ2) is 7.23. The zero-order valence-corrected chi connectivity index (χ0v) is 16.6. The molecule has 0 spiro atoms. The standard InChI is InChI=1S/C23H24O5/c1-13(2)16-10-17-20(11-21(16)28-14(3)4)27-12-18(23(17)24)15-5-6-19-22(9-15)26-8-7-25-19/h5-6,9-14H,7-8H2,1-4H3. The minimum absolute atomic E-state index is 0.0404. The Bertz CT molecular complexity index is 1080. The Morgan fingerprint density at radius 1 is 0.964 bits per heavy atom. The topological polar surface area (TPSA) is 57.9 Å². The molecule has 0 atom stereocenters. The number of fused-ring (bicyclic) bond motifs is 2. The molecule has 0 amide bonds. The van der Waals surface area contributed by atoms with E-state index in [-0.39, 0.29) is 17.5 Å².